The van der Waals surface area contributed by atoms with Crippen LogP contribution in [0.25, 0.3) is 0 Å². The molecule has 2 aromatic rings. The highest BCUT2D eigenvalue weighted by atomic mass is 35.5. The molecule has 0 aliphatic heterocycles. The van der Waals surface area contributed by atoms with E-state index in [0.717, 1.165) is 22.2 Å². The molecule has 106 valence electrons. The highest BCUT2D eigenvalue weighted by molar-refractivity contribution is 6.30. The van der Waals surface area contributed by atoms with Gasteiger partial charge in [0.05, 0.1) is 6.61 Å². The standard InChI is InChI=1S/C16H18ClNO2/c1-2-19-15-5-3-4-6-16(15)20-12-11-18-14-9-7-13(17)8-10-14/h3-10,18H,2,11-12H2,1H3. The number of hydrogen-bond acceptors (Lipinski definition) is 3. The Morgan fingerprint density at radius 3 is 2.25 bits per heavy atom. The molecule has 4 heteroatoms. The molecule has 0 heterocycles. The minimum absolute atomic E-state index is 0.562. The Balaban J connectivity index is 1.79. The van der Waals surface area contributed by atoms with Gasteiger partial charge in [0.1, 0.15) is 6.61 Å². The second-order valence-corrected chi connectivity index (χ2v) is 4.60. The Hall–Kier alpha value is -1.87. The summed E-state index contributed by atoms with van der Waals surface area (Å²) in [6, 6.07) is 15.3. The monoisotopic (exact) mass is 291 g/mol. The molecular formula is C16H18ClNO2. The molecule has 0 radical (unpaired) electrons. The summed E-state index contributed by atoms with van der Waals surface area (Å²) in [6.07, 6.45) is 0. The summed E-state index contributed by atoms with van der Waals surface area (Å²) in [5.41, 5.74) is 1.02. The van der Waals surface area contributed by atoms with Crippen LogP contribution >= 0.6 is 11.6 Å². The highest BCUT2D eigenvalue weighted by Crippen LogP contribution is 2.26. The van der Waals surface area contributed by atoms with Crippen molar-refractivity contribution >= 4 is 17.3 Å². The lowest BCUT2D eigenvalue weighted by Crippen LogP contribution is -2.11. The maximum Gasteiger partial charge on any atom is 0.161 e. The zero-order chi connectivity index (χ0) is 14.2. The van der Waals surface area contributed by atoms with Crippen LogP contribution in [0.3, 0.4) is 0 Å². The number of benzene rings is 2. The lowest BCUT2D eigenvalue weighted by molar-refractivity contribution is 0.284. The van der Waals surface area contributed by atoms with Gasteiger partial charge in [0, 0.05) is 17.3 Å². The lowest BCUT2D eigenvalue weighted by Gasteiger charge is -2.12. The van der Waals surface area contributed by atoms with Crippen LogP contribution in [0, 0.1) is 0 Å². The van der Waals surface area contributed by atoms with E-state index in [-0.39, 0.29) is 0 Å². The molecule has 0 saturated heterocycles. The first-order valence-corrected chi connectivity index (χ1v) is 7.01. The van der Waals surface area contributed by atoms with Crippen molar-refractivity contribution in [2.45, 2.75) is 6.92 Å². The SMILES string of the molecule is CCOc1ccccc1OCCNc1ccc(Cl)cc1. The number of halogens is 1. The Labute approximate surface area is 124 Å². The van der Waals surface area contributed by atoms with Crippen LogP contribution in [-0.4, -0.2) is 19.8 Å². The van der Waals surface area contributed by atoms with Crippen molar-refractivity contribution < 1.29 is 9.47 Å². The summed E-state index contributed by atoms with van der Waals surface area (Å²) in [4.78, 5) is 0. The number of anilines is 1. The van der Waals surface area contributed by atoms with E-state index in [9.17, 15) is 0 Å². The van der Waals surface area contributed by atoms with E-state index in [2.05, 4.69) is 5.32 Å². The molecule has 0 fully saturated rings. The quantitative estimate of drug-likeness (QED) is 0.774. The molecule has 2 aromatic carbocycles. The average Bonchev–Trinajstić information content (AvgIpc) is 2.47. The third-order valence-electron chi connectivity index (χ3n) is 2.68. The first-order chi connectivity index (χ1) is 9.79. The Morgan fingerprint density at radius 2 is 1.60 bits per heavy atom. The summed E-state index contributed by atoms with van der Waals surface area (Å²) in [6.45, 7) is 3.86. The van der Waals surface area contributed by atoms with Gasteiger partial charge in [-0.15, -0.1) is 0 Å². The Bertz CT molecular complexity index is 528. The molecule has 0 aliphatic carbocycles. The van der Waals surface area contributed by atoms with Gasteiger partial charge in [0.25, 0.3) is 0 Å². The number of hydrogen-bond donors (Lipinski definition) is 1. The average molecular weight is 292 g/mol. The van der Waals surface area contributed by atoms with Crippen LogP contribution in [0.4, 0.5) is 5.69 Å². The van der Waals surface area contributed by atoms with Crippen molar-refractivity contribution in [3.05, 3.63) is 53.6 Å². The van der Waals surface area contributed by atoms with Gasteiger partial charge in [-0.05, 0) is 43.3 Å². The number of nitrogens with one attached hydrogen (secondary N) is 1. The molecule has 20 heavy (non-hydrogen) atoms. The van der Waals surface area contributed by atoms with Crippen LogP contribution in [0.5, 0.6) is 11.5 Å². The Morgan fingerprint density at radius 1 is 0.950 bits per heavy atom. The lowest BCUT2D eigenvalue weighted by atomic mass is 10.3. The van der Waals surface area contributed by atoms with E-state index < -0.39 is 0 Å². The van der Waals surface area contributed by atoms with Crippen LogP contribution < -0.4 is 14.8 Å². The largest absolute Gasteiger partial charge is 0.490 e. The molecule has 0 atom stereocenters. The van der Waals surface area contributed by atoms with Crippen molar-refractivity contribution in [3.8, 4) is 11.5 Å². The van der Waals surface area contributed by atoms with Crippen LogP contribution in [-0.2, 0) is 0 Å². The van der Waals surface area contributed by atoms with Crippen LogP contribution in [0.1, 0.15) is 6.92 Å². The van der Waals surface area contributed by atoms with Crippen LogP contribution in [0.2, 0.25) is 5.02 Å². The first kappa shape index (κ1) is 14.5. The fourth-order valence-electron chi connectivity index (χ4n) is 1.77. The number of para-hydroxylation sites is 2. The minimum atomic E-state index is 0.562. The fourth-order valence-corrected chi connectivity index (χ4v) is 1.89. The maximum absolute atomic E-state index is 5.83. The molecule has 0 aromatic heterocycles. The van der Waals surface area contributed by atoms with Gasteiger partial charge >= 0.3 is 0 Å². The normalized spacial score (nSPS) is 10.1. The number of rotatable bonds is 7. The third kappa shape index (κ3) is 4.35. The summed E-state index contributed by atoms with van der Waals surface area (Å²) >= 11 is 5.83. The van der Waals surface area contributed by atoms with Gasteiger partial charge < -0.3 is 14.8 Å². The molecule has 0 bridgehead atoms. The second kappa shape index (κ2) is 7.65. The van der Waals surface area contributed by atoms with Gasteiger partial charge in [0.15, 0.2) is 11.5 Å². The first-order valence-electron chi connectivity index (χ1n) is 6.63. The zero-order valence-electron chi connectivity index (χ0n) is 11.4. The Kier molecular flexibility index (Phi) is 5.56. The van der Waals surface area contributed by atoms with Crippen molar-refractivity contribution in [1.82, 2.24) is 0 Å². The van der Waals surface area contributed by atoms with E-state index in [4.69, 9.17) is 21.1 Å². The van der Waals surface area contributed by atoms with E-state index in [1.807, 2.05) is 55.5 Å². The smallest absolute Gasteiger partial charge is 0.161 e. The molecule has 3 nitrogen and oxygen atoms in total. The van der Waals surface area contributed by atoms with E-state index in [0.29, 0.717) is 19.8 Å². The topological polar surface area (TPSA) is 30.5 Å². The molecule has 0 amide bonds. The van der Waals surface area contributed by atoms with Gasteiger partial charge in [-0.3, -0.25) is 0 Å². The van der Waals surface area contributed by atoms with Gasteiger partial charge in [-0.2, -0.15) is 0 Å². The van der Waals surface area contributed by atoms with Gasteiger partial charge in [0.2, 0.25) is 0 Å². The van der Waals surface area contributed by atoms with Crippen molar-refractivity contribution in [3.63, 3.8) is 0 Å². The molecule has 0 saturated carbocycles. The van der Waals surface area contributed by atoms with Crippen LogP contribution in [0.15, 0.2) is 48.5 Å². The number of ether oxygens (including phenoxy) is 2. The summed E-state index contributed by atoms with van der Waals surface area (Å²) in [5, 5.41) is 4.00. The predicted octanol–water partition coefficient (Wildman–Crippen LogP) is 4.23. The highest BCUT2D eigenvalue weighted by Gasteiger charge is 2.02. The van der Waals surface area contributed by atoms with Gasteiger partial charge in [-0.1, -0.05) is 23.7 Å². The summed E-state index contributed by atoms with van der Waals surface area (Å²) < 4.78 is 11.2. The molecule has 0 spiro atoms. The summed E-state index contributed by atoms with van der Waals surface area (Å²) in [5.74, 6) is 1.55. The van der Waals surface area contributed by atoms with E-state index in [1.54, 1.807) is 0 Å². The van der Waals surface area contributed by atoms with E-state index >= 15 is 0 Å². The summed E-state index contributed by atoms with van der Waals surface area (Å²) in [7, 11) is 0. The second-order valence-electron chi connectivity index (χ2n) is 4.16. The van der Waals surface area contributed by atoms with E-state index in [1.165, 1.54) is 0 Å². The molecule has 0 unspecified atom stereocenters. The maximum atomic E-state index is 5.83. The zero-order valence-corrected chi connectivity index (χ0v) is 12.2. The molecule has 2 rings (SSSR count). The molecular weight excluding hydrogens is 274 g/mol. The van der Waals surface area contributed by atoms with Gasteiger partial charge in [-0.25, -0.2) is 0 Å². The molecule has 0 aliphatic rings. The molecule has 1 N–H and O–H groups in total. The predicted molar refractivity (Wildman–Crippen MR) is 83.0 cm³/mol. The van der Waals surface area contributed by atoms with Crippen molar-refractivity contribution in [2.24, 2.45) is 0 Å². The third-order valence-corrected chi connectivity index (χ3v) is 2.93. The van der Waals surface area contributed by atoms with Crippen molar-refractivity contribution in [1.29, 1.82) is 0 Å². The minimum Gasteiger partial charge on any atom is -0.490 e. The fraction of sp³-hybridized carbons (Fsp3) is 0.250. The van der Waals surface area contributed by atoms with Crippen molar-refractivity contribution in [2.75, 3.05) is 25.1 Å².